The second-order valence-corrected chi connectivity index (χ2v) is 9.09. The molecule has 0 bridgehead atoms. The van der Waals surface area contributed by atoms with E-state index in [4.69, 9.17) is 0 Å². The Balaban J connectivity index is 1.51. The number of allylic oxidation sites excluding steroid dienone is 1. The molecule has 0 aliphatic rings. The van der Waals surface area contributed by atoms with Gasteiger partial charge in [0.05, 0.1) is 5.56 Å². The van der Waals surface area contributed by atoms with Crippen LogP contribution in [-0.2, 0) is 12.5 Å². The van der Waals surface area contributed by atoms with Gasteiger partial charge in [0.1, 0.15) is 17.4 Å². The molecule has 0 aromatic heterocycles. The topological polar surface area (TPSA) is 18.5 Å². The summed E-state index contributed by atoms with van der Waals surface area (Å²) in [6, 6.07) is 15.1. The molecule has 0 heterocycles. The zero-order chi connectivity index (χ0) is 30.7. The molecule has 11 heteroatoms. The summed E-state index contributed by atoms with van der Waals surface area (Å²) in [6.45, 7) is 3.68. The van der Waals surface area contributed by atoms with Crippen LogP contribution in [0.5, 0.6) is 11.5 Å². The Morgan fingerprint density at radius 1 is 0.690 bits per heavy atom. The molecule has 0 amide bonds. The largest absolute Gasteiger partial charge is 0.461 e. The molecule has 0 radical (unpaired) electrons. The van der Waals surface area contributed by atoms with Crippen molar-refractivity contribution in [3.8, 4) is 33.8 Å². The van der Waals surface area contributed by atoms with E-state index in [1.165, 1.54) is 12.1 Å². The molecule has 0 N–H and O–H groups in total. The molecule has 0 saturated carbocycles. The number of alkyl halides is 6. The minimum Gasteiger partial charge on any atom is -0.429 e. The summed E-state index contributed by atoms with van der Waals surface area (Å²) in [5.41, 5.74) is 0.963. The molecule has 2 nitrogen and oxygen atoms in total. The lowest BCUT2D eigenvalue weighted by Gasteiger charge is -2.20. The van der Waals surface area contributed by atoms with Gasteiger partial charge in [0.2, 0.25) is 0 Å². The molecule has 0 unspecified atom stereocenters. The Bertz CT molecular complexity index is 1570. The van der Waals surface area contributed by atoms with Crippen LogP contribution in [0.25, 0.3) is 22.3 Å². The molecule has 4 aromatic rings. The number of hydrogen-bond acceptors (Lipinski definition) is 2. The van der Waals surface area contributed by atoms with Crippen molar-refractivity contribution in [2.75, 3.05) is 0 Å². The van der Waals surface area contributed by atoms with Crippen LogP contribution in [-0.4, -0.2) is 12.5 Å². The Kier molecular flexibility index (Phi) is 8.89. The van der Waals surface area contributed by atoms with Crippen molar-refractivity contribution in [2.45, 2.75) is 31.5 Å². The van der Waals surface area contributed by atoms with Crippen molar-refractivity contribution in [1.82, 2.24) is 0 Å². The van der Waals surface area contributed by atoms with E-state index >= 15 is 0 Å². The Labute approximate surface area is 234 Å². The fourth-order valence-corrected chi connectivity index (χ4v) is 4.00. The van der Waals surface area contributed by atoms with Gasteiger partial charge in [-0.1, -0.05) is 48.5 Å². The Hall–Kier alpha value is -4.41. The monoisotopic (exact) mass is 596 g/mol. The number of aryl methyl sites for hydroxylation is 1. The van der Waals surface area contributed by atoms with E-state index < -0.39 is 53.2 Å². The summed E-state index contributed by atoms with van der Waals surface area (Å²) < 4.78 is 132. The molecular formula is C31H21F9O2. The van der Waals surface area contributed by atoms with E-state index in [0.29, 0.717) is 29.8 Å². The SMILES string of the molecule is C=CCCc1ccc(-c2ccc(-c3ccc(C(F)(F)Oc4ccc(OC(F)(F)C(F)F)c(F)c4)c(F)c3)c(F)c2)cc1. The maximum atomic E-state index is 15.0. The van der Waals surface area contributed by atoms with Gasteiger partial charge in [0.25, 0.3) is 0 Å². The van der Waals surface area contributed by atoms with Gasteiger partial charge in [0, 0.05) is 11.6 Å². The van der Waals surface area contributed by atoms with Crippen LogP contribution in [0.4, 0.5) is 39.5 Å². The van der Waals surface area contributed by atoms with Crippen LogP contribution in [0.15, 0.2) is 91.5 Å². The van der Waals surface area contributed by atoms with Crippen molar-refractivity contribution < 1.29 is 49.0 Å². The van der Waals surface area contributed by atoms with Gasteiger partial charge in [-0.3, -0.25) is 0 Å². The highest BCUT2D eigenvalue weighted by Gasteiger charge is 2.44. The van der Waals surface area contributed by atoms with Crippen molar-refractivity contribution in [1.29, 1.82) is 0 Å². The molecule has 4 aromatic carbocycles. The quantitative estimate of drug-likeness (QED) is 0.127. The van der Waals surface area contributed by atoms with Gasteiger partial charge in [-0.25, -0.2) is 13.2 Å². The highest BCUT2D eigenvalue weighted by molar-refractivity contribution is 5.71. The summed E-state index contributed by atoms with van der Waals surface area (Å²) in [5, 5.41) is 0. The molecule has 0 saturated heterocycles. The van der Waals surface area contributed by atoms with E-state index in [-0.39, 0.29) is 17.2 Å². The molecule has 0 aliphatic carbocycles. The van der Waals surface area contributed by atoms with Crippen LogP contribution in [0, 0.1) is 17.5 Å². The zero-order valence-corrected chi connectivity index (χ0v) is 21.5. The van der Waals surface area contributed by atoms with Crippen molar-refractivity contribution in [3.63, 3.8) is 0 Å². The molecule has 0 aliphatic heterocycles. The van der Waals surface area contributed by atoms with Gasteiger partial charge in [0.15, 0.2) is 11.6 Å². The third-order valence-corrected chi connectivity index (χ3v) is 6.14. The van der Waals surface area contributed by atoms with E-state index in [2.05, 4.69) is 16.1 Å². The summed E-state index contributed by atoms with van der Waals surface area (Å²) in [5.74, 6) is -6.20. The number of benzene rings is 4. The smallest absolute Gasteiger partial charge is 0.429 e. The van der Waals surface area contributed by atoms with E-state index in [0.717, 1.165) is 30.0 Å². The summed E-state index contributed by atoms with van der Waals surface area (Å²) in [7, 11) is 0. The Morgan fingerprint density at radius 3 is 1.93 bits per heavy atom. The minimum absolute atomic E-state index is 0.0524. The highest BCUT2D eigenvalue weighted by Crippen LogP contribution is 2.38. The van der Waals surface area contributed by atoms with Crippen LogP contribution < -0.4 is 9.47 Å². The summed E-state index contributed by atoms with van der Waals surface area (Å²) in [6.07, 6.45) is -10.3. The summed E-state index contributed by atoms with van der Waals surface area (Å²) in [4.78, 5) is 0. The average molecular weight is 596 g/mol. The second kappa shape index (κ2) is 12.2. The van der Waals surface area contributed by atoms with Crippen molar-refractivity contribution in [3.05, 3.63) is 120 Å². The summed E-state index contributed by atoms with van der Waals surface area (Å²) >= 11 is 0. The lowest BCUT2D eigenvalue weighted by atomic mass is 9.97. The molecular weight excluding hydrogens is 575 g/mol. The van der Waals surface area contributed by atoms with Gasteiger partial charge in [-0.05, 0) is 65.4 Å². The lowest BCUT2D eigenvalue weighted by molar-refractivity contribution is -0.254. The van der Waals surface area contributed by atoms with E-state index in [1.807, 2.05) is 24.3 Å². The van der Waals surface area contributed by atoms with Crippen molar-refractivity contribution >= 4 is 0 Å². The van der Waals surface area contributed by atoms with Gasteiger partial charge < -0.3 is 9.47 Å². The van der Waals surface area contributed by atoms with Gasteiger partial charge in [-0.2, -0.15) is 26.3 Å². The first-order valence-corrected chi connectivity index (χ1v) is 12.3. The Morgan fingerprint density at radius 2 is 1.33 bits per heavy atom. The number of rotatable bonds is 11. The van der Waals surface area contributed by atoms with Crippen molar-refractivity contribution in [2.24, 2.45) is 0 Å². The fourth-order valence-electron chi connectivity index (χ4n) is 4.00. The number of ether oxygens (including phenoxy) is 2. The van der Waals surface area contributed by atoms with Crippen LogP contribution in [0.3, 0.4) is 0 Å². The molecule has 0 atom stereocenters. The molecule has 4 rings (SSSR count). The maximum Gasteiger partial charge on any atom is 0.461 e. The normalized spacial score (nSPS) is 12.0. The number of halogens is 9. The first kappa shape index (κ1) is 30.5. The van der Waals surface area contributed by atoms with Gasteiger partial charge in [-0.15, -0.1) is 6.58 Å². The third kappa shape index (κ3) is 6.89. The highest BCUT2D eigenvalue weighted by atomic mass is 19.3. The van der Waals surface area contributed by atoms with Gasteiger partial charge >= 0.3 is 18.6 Å². The first-order chi connectivity index (χ1) is 19.8. The van der Waals surface area contributed by atoms with E-state index in [1.54, 1.807) is 12.1 Å². The average Bonchev–Trinajstić information content (AvgIpc) is 2.93. The first-order valence-electron chi connectivity index (χ1n) is 12.3. The standard InChI is InChI=1S/C31H21F9O2/c1-2-3-4-18-5-7-19(8-6-18)20-9-12-23(25(32)15-20)21-10-13-24(26(33)16-21)30(37,38)41-22-11-14-28(27(34)17-22)42-31(39,40)29(35)36/h2,5-17,29H,1,3-4H2. The molecule has 220 valence electrons. The molecule has 0 spiro atoms. The van der Waals surface area contributed by atoms with Crippen LogP contribution >= 0.6 is 0 Å². The number of hydrogen-bond donors (Lipinski definition) is 0. The maximum absolute atomic E-state index is 15.0. The zero-order valence-electron chi connectivity index (χ0n) is 21.5. The fraction of sp³-hybridized carbons (Fsp3) is 0.161. The predicted octanol–water partition coefficient (Wildman–Crippen LogP) is 9.92. The minimum atomic E-state index is -5.03. The second-order valence-electron chi connectivity index (χ2n) is 9.09. The van der Waals surface area contributed by atoms with E-state index in [9.17, 15) is 39.5 Å². The lowest BCUT2D eigenvalue weighted by Crippen LogP contribution is -2.33. The predicted molar refractivity (Wildman–Crippen MR) is 138 cm³/mol. The third-order valence-electron chi connectivity index (χ3n) is 6.14. The molecule has 0 fully saturated rings. The van der Waals surface area contributed by atoms with Crippen LogP contribution in [0.1, 0.15) is 17.5 Å². The van der Waals surface area contributed by atoms with Crippen LogP contribution in [0.2, 0.25) is 0 Å². The molecule has 42 heavy (non-hydrogen) atoms.